The Bertz CT molecular complexity index is 584. The maximum Gasteiger partial charge on any atom is 0.302 e. The van der Waals surface area contributed by atoms with Crippen molar-refractivity contribution in [2.75, 3.05) is 6.61 Å². The van der Waals surface area contributed by atoms with Crippen LogP contribution in [0.4, 0.5) is 0 Å². The van der Waals surface area contributed by atoms with Gasteiger partial charge in [-0.05, 0) is 12.1 Å². The summed E-state index contributed by atoms with van der Waals surface area (Å²) in [6.45, 7) is 2.71. The van der Waals surface area contributed by atoms with E-state index in [1.807, 2.05) is 30.3 Å². The second-order valence-electron chi connectivity index (χ2n) is 4.98. The number of hydrogen-bond acceptors (Lipinski definition) is 5. The minimum Gasteiger partial charge on any atom is -0.463 e. The van der Waals surface area contributed by atoms with Crippen LogP contribution in [0.5, 0.6) is 0 Å². The first-order valence-corrected chi connectivity index (χ1v) is 7.07. The summed E-state index contributed by atoms with van der Waals surface area (Å²) in [7, 11) is 0. The van der Waals surface area contributed by atoms with Crippen molar-refractivity contribution >= 4 is 11.9 Å². The molecule has 0 N–H and O–H groups in total. The summed E-state index contributed by atoms with van der Waals surface area (Å²) in [6, 6.07) is 9.54. The van der Waals surface area contributed by atoms with Gasteiger partial charge in [-0.25, -0.2) is 0 Å². The van der Waals surface area contributed by atoms with Gasteiger partial charge >= 0.3 is 11.9 Å². The van der Waals surface area contributed by atoms with Gasteiger partial charge in [-0.15, -0.1) is 0 Å². The highest BCUT2D eigenvalue weighted by Gasteiger charge is 2.37. The van der Waals surface area contributed by atoms with E-state index in [9.17, 15) is 9.59 Å². The molecule has 1 aliphatic heterocycles. The molecule has 3 atom stereocenters. The summed E-state index contributed by atoms with van der Waals surface area (Å²) in [6.07, 6.45) is -0.828. The molecule has 116 valence electrons. The van der Waals surface area contributed by atoms with E-state index >= 15 is 0 Å². The van der Waals surface area contributed by atoms with E-state index in [4.69, 9.17) is 14.2 Å². The standard InChI is InChI=1S/C17H18O5/c1-12(18)20-11-17-16(21-13(2)19)10-15(22-17)9-8-14-6-4-3-5-7-14/h3-7,15-17H,10-11H2,1-2H3/t15?,16-,17+/m0/s1. The molecule has 1 heterocycles. The van der Waals surface area contributed by atoms with Crippen LogP contribution >= 0.6 is 0 Å². The minimum absolute atomic E-state index is 0.0524. The number of esters is 2. The van der Waals surface area contributed by atoms with E-state index in [-0.39, 0.29) is 12.7 Å². The molecule has 1 aliphatic rings. The van der Waals surface area contributed by atoms with Crippen LogP contribution in [0.25, 0.3) is 0 Å². The topological polar surface area (TPSA) is 61.8 Å². The lowest BCUT2D eigenvalue weighted by Crippen LogP contribution is -2.31. The number of hydrogen-bond donors (Lipinski definition) is 0. The van der Waals surface area contributed by atoms with Crippen LogP contribution in [0.15, 0.2) is 30.3 Å². The lowest BCUT2D eigenvalue weighted by Gasteiger charge is -2.17. The third-order valence-electron chi connectivity index (χ3n) is 3.12. The third kappa shape index (κ3) is 4.90. The summed E-state index contributed by atoms with van der Waals surface area (Å²) in [4.78, 5) is 22.1. The highest BCUT2D eigenvalue weighted by Crippen LogP contribution is 2.23. The fourth-order valence-electron chi connectivity index (χ4n) is 2.18. The van der Waals surface area contributed by atoms with Gasteiger partial charge < -0.3 is 14.2 Å². The molecule has 5 heteroatoms. The monoisotopic (exact) mass is 302 g/mol. The first-order valence-electron chi connectivity index (χ1n) is 7.07. The van der Waals surface area contributed by atoms with Gasteiger partial charge in [0.15, 0.2) is 0 Å². The summed E-state index contributed by atoms with van der Waals surface area (Å²) in [5.74, 6) is 5.25. The number of carbonyl (C=O) groups is 2. The maximum absolute atomic E-state index is 11.1. The molecule has 1 aromatic carbocycles. The Kier molecular flexibility index (Phi) is 5.56. The van der Waals surface area contributed by atoms with Gasteiger partial charge in [0, 0.05) is 25.8 Å². The van der Waals surface area contributed by atoms with E-state index < -0.39 is 24.1 Å². The minimum atomic E-state index is -0.483. The molecular formula is C17H18O5. The molecule has 22 heavy (non-hydrogen) atoms. The Hall–Kier alpha value is -2.32. The van der Waals surface area contributed by atoms with E-state index in [0.717, 1.165) is 5.56 Å². The number of carbonyl (C=O) groups excluding carboxylic acids is 2. The fourth-order valence-corrected chi connectivity index (χ4v) is 2.18. The predicted octanol–water partition coefficient (Wildman–Crippen LogP) is 1.69. The number of ether oxygens (including phenoxy) is 3. The van der Waals surface area contributed by atoms with Gasteiger partial charge in [0.2, 0.25) is 0 Å². The van der Waals surface area contributed by atoms with Crippen LogP contribution in [-0.2, 0) is 23.8 Å². The predicted molar refractivity (Wildman–Crippen MR) is 78.8 cm³/mol. The molecule has 0 saturated carbocycles. The summed E-state index contributed by atoms with van der Waals surface area (Å²) in [5.41, 5.74) is 0.888. The lowest BCUT2D eigenvalue weighted by atomic mass is 10.1. The molecule has 0 amide bonds. The molecule has 1 unspecified atom stereocenters. The summed E-state index contributed by atoms with van der Waals surface area (Å²) >= 11 is 0. The number of rotatable bonds is 3. The number of benzene rings is 1. The fraction of sp³-hybridized carbons (Fsp3) is 0.412. The Morgan fingerprint density at radius 3 is 2.59 bits per heavy atom. The van der Waals surface area contributed by atoms with Crippen molar-refractivity contribution in [3.63, 3.8) is 0 Å². The second-order valence-corrected chi connectivity index (χ2v) is 4.98. The molecule has 1 aromatic rings. The Labute approximate surface area is 129 Å². The van der Waals surface area contributed by atoms with E-state index in [1.54, 1.807) is 0 Å². The zero-order valence-corrected chi connectivity index (χ0v) is 12.6. The summed E-state index contributed by atoms with van der Waals surface area (Å²) in [5, 5.41) is 0. The molecule has 0 radical (unpaired) electrons. The quantitative estimate of drug-likeness (QED) is 0.628. The average molecular weight is 302 g/mol. The second kappa shape index (κ2) is 7.62. The largest absolute Gasteiger partial charge is 0.463 e. The van der Waals surface area contributed by atoms with Gasteiger partial charge in [-0.3, -0.25) is 9.59 Å². The average Bonchev–Trinajstić information content (AvgIpc) is 2.85. The van der Waals surface area contributed by atoms with Gasteiger partial charge in [0.1, 0.15) is 24.9 Å². The van der Waals surface area contributed by atoms with Crippen molar-refractivity contribution in [1.82, 2.24) is 0 Å². The highest BCUT2D eigenvalue weighted by molar-refractivity contribution is 5.66. The molecule has 2 rings (SSSR count). The zero-order chi connectivity index (χ0) is 15.9. The molecular weight excluding hydrogens is 284 g/mol. The lowest BCUT2D eigenvalue weighted by molar-refractivity contribution is -0.154. The van der Waals surface area contributed by atoms with Gasteiger partial charge in [0.05, 0.1) is 0 Å². The first kappa shape index (κ1) is 16.1. The normalized spacial score (nSPS) is 23.3. The van der Waals surface area contributed by atoms with Gasteiger partial charge in [-0.1, -0.05) is 30.0 Å². The van der Waals surface area contributed by atoms with Gasteiger partial charge in [-0.2, -0.15) is 0 Å². The van der Waals surface area contributed by atoms with Crippen molar-refractivity contribution < 1.29 is 23.8 Å². The van der Waals surface area contributed by atoms with Crippen molar-refractivity contribution in [3.05, 3.63) is 35.9 Å². The SMILES string of the molecule is CC(=O)OC[C@H]1OC(C#Cc2ccccc2)C[C@@H]1OC(C)=O. The Morgan fingerprint density at radius 1 is 1.23 bits per heavy atom. The molecule has 5 nitrogen and oxygen atoms in total. The van der Waals surface area contributed by atoms with Crippen molar-refractivity contribution in [2.24, 2.45) is 0 Å². The van der Waals surface area contributed by atoms with Gasteiger partial charge in [0.25, 0.3) is 0 Å². The zero-order valence-electron chi connectivity index (χ0n) is 12.6. The molecule has 0 spiro atoms. The van der Waals surface area contributed by atoms with E-state index in [2.05, 4.69) is 11.8 Å². The van der Waals surface area contributed by atoms with E-state index in [0.29, 0.717) is 6.42 Å². The van der Waals surface area contributed by atoms with Crippen LogP contribution < -0.4 is 0 Å². The first-order chi connectivity index (χ1) is 10.5. The molecule has 0 aromatic heterocycles. The molecule has 1 saturated heterocycles. The smallest absolute Gasteiger partial charge is 0.302 e. The summed E-state index contributed by atoms with van der Waals surface area (Å²) < 4.78 is 15.9. The van der Waals surface area contributed by atoms with Crippen molar-refractivity contribution in [3.8, 4) is 11.8 Å². The van der Waals surface area contributed by atoms with E-state index in [1.165, 1.54) is 13.8 Å². The van der Waals surface area contributed by atoms with Crippen LogP contribution in [0.2, 0.25) is 0 Å². The third-order valence-corrected chi connectivity index (χ3v) is 3.12. The Balaban J connectivity index is 2.01. The van der Waals surface area contributed by atoms with Crippen molar-refractivity contribution in [1.29, 1.82) is 0 Å². The molecule has 1 fully saturated rings. The van der Waals surface area contributed by atoms with Crippen LogP contribution in [0.1, 0.15) is 25.8 Å². The van der Waals surface area contributed by atoms with Crippen molar-refractivity contribution in [2.45, 2.75) is 38.6 Å². The van der Waals surface area contributed by atoms with Crippen LogP contribution in [-0.4, -0.2) is 36.9 Å². The highest BCUT2D eigenvalue weighted by atomic mass is 16.6. The Morgan fingerprint density at radius 2 is 1.95 bits per heavy atom. The van der Waals surface area contributed by atoms with Crippen LogP contribution in [0.3, 0.4) is 0 Å². The van der Waals surface area contributed by atoms with Crippen LogP contribution in [0, 0.1) is 11.8 Å². The maximum atomic E-state index is 11.1. The molecule has 0 aliphatic carbocycles. The molecule has 0 bridgehead atoms.